The maximum Gasteiger partial charge on any atom is 0.229 e. The molecule has 0 unspecified atom stereocenters. The summed E-state index contributed by atoms with van der Waals surface area (Å²) in [6.07, 6.45) is 7.65. The third kappa shape index (κ3) is 4.21. The first-order valence-electron chi connectivity index (χ1n) is 7.56. The molecule has 1 aliphatic carbocycles. The fraction of sp³-hybridized carbons (Fsp3) is 0.786. The van der Waals surface area contributed by atoms with Gasteiger partial charge in [0.25, 0.3) is 0 Å². The lowest BCUT2D eigenvalue weighted by Gasteiger charge is -2.25. The lowest BCUT2D eigenvalue weighted by molar-refractivity contribution is -0.147. The maximum absolute atomic E-state index is 11.6. The Hall–Kier alpha value is -1.59. The van der Waals surface area contributed by atoms with Gasteiger partial charge in [0, 0.05) is 25.4 Å². The average Bonchev–Trinajstić information content (AvgIpc) is 2.43. The van der Waals surface area contributed by atoms with E-state index in [1.165, 1.54) is 24.2 Å². The van der Waals surface area contributed by atoms with Crippen molar-refractivity contribution in [3.8, 4) is 0 Å². The molecule has 6 nitrogen and oxygen atoms in total. The Morgan fingerprint density at radius 2 is 1.80 bits per heavy atom. The average molecular weight is 280 g/mol. The summed E-state index contributed by atoms with van der Waals surface area (Å²) in [4.78, 5) is 28.7. The molecule has 2 rings (SSSR count). The monoisotopic (exact) mass is 280 g/mol. The second kappa shape index (κ2) is 7.26. The number of carbonyl (C=O) groups excluding carboxylic acids is 2. The second-order valence-electron chi connectivity index (χ2n) is 5.54. The minimum absolute atomic E-state index is 0.0877. The topological polar surface area (TPSA) is 87.8 Å². The summed E-state index contributed by atoms with van der Waals surface area (Å²) in [5.74, 6) is 0.249. The van der Waals surface area contributed by atoms with Crippen LogP contribution in [-0.2, 0) is 9.59 Å². The highest BCUT2D eigenvalue weighted by atomic mass is 16.2. The van der Waals surface area contributed by atoms with E-state index in [0.717, 1.165) is 12.8 Å². The van der Waals surface area contributed by atoms with Crippen LogP contribution in [0.4, 0.5) is 0 Å². The molecule has 1 aliphatic heterocycles. The minimum atomic E-state index is -0.0877. The maximum atomic E-state index is 11.6. The van der Waals surface area contributed by atoms with E-state index in [1.54, 1.807) is 0 Å². The highest BCUT2D eigenvalue weighted by Gasteiger charge is 2.25. The van der Waals surface area contributed by atoms with Gasteiger partial charge in [0.05, 0.1) is 6.54 Å². The van der Waals surface area contributed by atoms with Gasteiger partial charge in [-0.2, -0.15) is 0 Å². The predicted octanol–water partition coefficient (Wildman–Crippen LogP) is 0.762. The number of nitrogens with one attached hydrogen (secondary N) is 1. The highest BCUT2D eigenvalue weighted by Crippen LogP contribution is 2.17. The van der Waals surface area contributed by atoms with Crippen molar-refractivity contribution in [2.75, 3.05) is 13.1 Å². The Morgan fingerprint density at radius 1 is 1.15 bits per heavy atom. The van der Waals surface area contributed by atoms with Gasteiger partial charge in [0.15, 0.2) is 5.96 Å². The molecule has 3 N–H and O–H groups in total. The van der Waals surface area contributed by atoms with Crippen LogP contribution >= 0.6 is 0 Å². The van der Waals surface area contributed by atoms with Crippen molar-refractivity contribution < 1.29 is 9.59 Å². The number of rotatable bonds is 4. The van der Waals surface area contributed by atoms with E-state index < -0.39 is 0 Å². The molecule has 1 saturated heterocycles. The Bertz CT molecular complexity index is 373. The number of imide groups is 1. The zero-order chi connectivity index (χ0) is 14.4. The second-order valence-corrected chi connectivity index (χ2v) is 5.54. The fourth-order valence-electron chi connectivity index (χ4n) is 2.82. The molecular formula is C14H24N4O2. The molecule has 112 valence electrons. The predicted molar refractivity (Wildman–Crippen MR) is 77.1 cm³/mol. The van der Waals surface area contributed by atoms with E-state index in [4.69, 9.17) is 5.73 Å². The molecule has 0 bridgehead atoms. The first-order chi connectivity index (χ1) is 9.66. The van der Waals surface area contributed by atoms with Crippen LogP contribution in [0.25, 0.3) is 0 Å². The minimum Gasteiger partial charge on any atom is -0.370 e. The molecule has 0 aromatic rings. The fourth-order valence-corrected chi connectivity index (χ4v) is 2.82. The van der Waals surface area contributed by atoms with Gasteiger partial charge in [-0.3, -0.25) is 19.5 Å². The first-order valence-corrected chi connectivity index (χ1v) is 7.56. The summed E-state index contributed by atoms with van der Waals surface area (Å²) in [6, 6.07) is 0.422. The normalized spacial score (nSPS) is 22.2. The lowest BCUT2D eigenvalue weighted by atomic mass is 9.96. The van der Waals surface area contributed by atoms with E-state index in [9.17, 15) is 9.59 Å². The van der Waals surface area contributed by atoms with Crippen LogP contribution in [0.15, 0.2) is 4.99 Å². The van der Waals surface area contributed by atoms with E-state index >= 15 is 0 Å². The van der Waals surface area contributed by atoms with Crippen LogP contribution in [0.1, 0.15) is 51.4 Å². The Morgan fingerprint density at radius 3 is 2.45 bits per heavy atom. The molecule has 2 fully saturated rings. The van der Waals surface area contributed by atoms with Crippen LogP contribution < -0.4 is 11.1 Å². The van der Waals surface area contributed by atoms with Crippen LogP contribution in [0.2, 0.25) is 0 Å². The number of nitrogens with zero attached hydrogens (tertiary/aromatic N) is 2. The van der Waals surface area contributed by atoms with Crippen molar-refractivity contribution in [1.82, 2.24) is 10.2 Å². The number of piperidine rings is 1. The highest BCUT2D eigenvalue weighted by molar-refractivity contribution is 5.97. The van der Waals surface area contributed by atoms with E-state index in [1.807, 2.05) is 0 Å². The lowest BCUT2D eigenvalue weighted by Crippen LogP contribution is -2.43. The summed E-state index contributed by atoms with van der Waals surface area (Å²) in [6.45, 7) is 0.716. The third-order valence-corrected chi connectivity index (χ3v) is 3.95. The number of aliphatic imine (C=N–C) groups is 1. The molecule has 2 aliphatic rings. The molecule has 20 heavy (non-hydrogen) atoms. The van der Waals surface area contributed by atoms with Gasteiger partial charge in [-0.15, -0.1) is 0 Å². The Balaban J connectivity index is 1.73. The van der Waals surface area contributed by atoms with Crippen LogP contribution in [0, 0.1) is 0 Å². The molecule has 0 radical (unpaired) electrons. The van der Waals surface area contributed by atoms with Crippen LogP contribution in [0.3, 0.4) is 0 Å². The largest absolute Gasteiger partial charge is 0.370 e. The SMILES string of the molecule is NC(=NCCN1C(=O)CCCC1=O)NC1CCCCC1. The molecular weight excluding hydrogens is 256 g/mol. The van der Waals surface area contributed by atoms with Gasteiger partial charge in [0.1, 0.15) is 0 Å². The summed E-state index contributed by atoms with van der Waals surface area (Å²) >= 11 is 0. The van der Waals surface area contributed by atoms with Crippen LogP contribution in [-0.4, -0.2) is 41.8 Å². The van der Waals surface area contributed by atoms with Gasteiger partial charge in [0.2, 0.25) is 11.8 Å². The quantitative estimate of drug-likeness (QED) is 0.452. The zero-order valence-electron chi connectivity index (χ0n) is 11.9. The number of likely N-dealkylation sites (tertiary alicyclic amines) is 1. The van der Waals surface area contributed by atoms with Crippen molar-refractivity contribution in [2.45, 2.75) is 57.4 Å². The van der Waals surface area contributed by atoms with E-state index in [-0.39, 0.29) is 11.8 Å². The molecule has 0 aromatic heterocycles. The van der Waals surface area contributed by atoms with Crippen molar-refractivity contribution in [1.29, 1.82) is 0 Å². The van der Waals surface area contributed by atoms with Crippen molar-refractivity contribution in [3.05, 3.63) is 0 Å². The molecule has 0 aromatic carbocycles. The molecule has 1 saturated carbocycles. The van der Waals surface area contributed by atoms with Gasteiger partial charge >= 0.3 is 0 Å². The molecule has 2 amide bonds. The Labute approximate surface area is 119 Å². The summed E-state index contributed by atoms with van der Waals surface area (Å²) in [7, 11) is 0. The van der Waals surface area contributed by atoms with Gasteiger partial charge in [-0.25, -0.2) is 0 Å². The summed E-state index contributed by atoms with van der Waals surface area (Å²) in [5, 5.41) is 3.22. The third-order valence-electron chi connectivity index (χ3n) is 3.95. The summed E-state index contributed by atoms with van der Waals surface area (Å²) < 4.78 is 0. The van der Waals surface area contributed by atoms with Crippen LogP contribution in [0.5, 0.6) is 0 Å². The molecule has 0 spiro atoms. The molecule has 6 heteroatoms. The number of hydrogen-bond acceptors (Lipinski definition) is 3. The number of nitrogens with two attached hydrogens (primary N) is 1. The van der Waals surface area contributed by atoms with Gasteiger partial charge in [-0.05, 0) is 19.3 Å². The van der Waals surface area contributed by atoms with E-state index in [0.29, 0.717) is 44.4 Å². The van der Waals surface area contributed by atoms with Gasteiger partial charge < -0.3 is 11.1 Å². The first kappa shape index (κ1) is 14.8. The van der Waals surface area contributed by atoms with Gasteiger partial charge in [-0.1, -0.05) is 19.3 Å². The van der Waals surface area contributed by atoms with Crippen molar-refractivity contribution in [2.24, 2.45) is 10.7 Å². The van der Waals surface area contributed by atoms with E-state index in [2.05, 4.69) is 10.3 Å². The Kier molecular flexibility index (Phi) is 5.38. The number of hydrogen-bond donors (Lipinski definition) is 2. The standard InChI is InChI=1S/C14H24N4O2/c15-14(17-11-5-2-1-3-6-11)16-9-10-18-12(19)7-4-8-13(18)20/h11H,1-10H2,(H3,15,16,17). The number of carbonyl (C=O) groups is 2. The smallest absolute Gasteiger partial charge is 0.229 e. The zero-order valence-corrected chi connectivity index (χ0v) is 11.9. The molecule has 0 atom stereocenters. The summed E-state index contributed by atoms with van der Waals surface area (Å²) in [5.41, 5.74) is 5.84. The number of guanidine groups is 1. The van der Waals surface area contributed by atoms with Crippen molar-refractivity contribution in [3.63, 3.8) is 0 Å². The van der Waals surface area contributed by atoms with Crippen molar-refractivity contribution >= 4 is 17.8 Å². The molecule has 1 heterocycles. The number of amides is 2.